The number of aryl methyl sites for hydroxylation is 2. The summed E-state index contributed by atoms with van der Waals surface area (Å²) >= 11 is 0. The van der Waals surface area contributed by atoms with Gasteiger partial charge in [0.25, 0.3) is 0 Å². The monoisotopic (exact) mass is 996 g/mol. The van der Waals surface area contributed by atoms with Crippen LogP contribution in [-0.2, 0) is 0 Å². The van der Waals surface area contributed by atoms with Gasteiger partial charge in [0.05, 0.1) is 79.0 Å². The highest BCUT2D eigenvalue weighted by molar-refractivity contribution is 6.21. The van der Waals surface area contributed by atoms with E-state index in [1.165, 1.54) is 0 Å². The van der Waals surface area contributed by atoms with E-state index >= 15 is 0 Å². The van der Waals surface area contributed by atoms with Gasteiger partial charge >= 0.3 is 0 Å². The molecule has 0 atom stereocenters. The van der Waals surface area contributed by atoms with Gasteiger partial charge in [-0.25, -0.2) is 4.85 Å². The van der Waals surface area contributed by atoms with Crippen molar-refractivity contribution in [3.05, 3.63) is 234 Å². The van der Waals surface area contributed by atoms with Crippen molar-refractivity contribution in [1.29, 1.82) is 5.26 Å². The number of fused-ring (bicyclic) bond motifs is 18. The second kappa shape index (κ2) is 15.4. The summed E-state index contributed by atoms with van der Waals surface area (Å²) in [4.78, 5) is 4.80. The average Bonchev–Trinajstić information content (AvgIpc) is 3.89. The first-order valence-electron chi connectivity index (χ1n) is 26.2. The lowest BCUT2D eigenvalue weighted by atomic mass is 10.0. The van der Waals surface area contributed by atoms with Crippen LogP contribution < -0.4 is 0 Å². The molecule has 78 heavy (non-hydrogen) atoms. The Morgan fingerprint density at radius 2 is 0.692 bits per heavy atom. The Kier molecular flexibility index (Phi) is 8.40. The molecule has 0 saturated heterocycles. The van der Waals surface area contributed by atoms with E-state index in [1.54, 1.807) is 0 Å². The van der Waals surface area contributed by atoms with Gasteiger partial charge in [-0.1, -0.05) is 132 Å². The molecule has 0 saturated carbocycles. The van der Waals surface area contributed by atoms with Gasteiger partial charge in [0.15, 0.2) is 0 Å². The van der Waals surface area contributed by atoms with Gasteiger partial charge < -0.3 is 27.1 Å². The summed E-state index contributed by atoms with van der Waals surface area (Å²) in [5.41, 5.74) is 15.5. The fourth-order valence-corrected chi connectivity index (χ4v) is 13.3. The van der Waals surface area contributed by atoms with E-state index in [0.29, 0.717) is 39.6 Å². The molecule has 17 rings (SSSR count). The Bertz CT molecular complexity index is 5380. The Morgan fingerprint density at radius 1 is 0.333 bits per heavy atom. The van der Waals surface area contributed by atoms with Crippen molar-refractivity contribution in [1.82, 2.24) is 18.3 Å². The van der Waals surface area contributed by atoms with E-state index in [0.717, 1.165) is 137 Å². The van der Waals surface area contributed by atoms with E-state index in [9.17, 15) is 11.8 Å². The van der Waals surface area contributed by atoms with Crippen LogP contribution in [0.2, 0.25) is 0 Å². The smallest absolute Gasteiger partial charge is 0.237 e. The van der Waals surface area contributed by atoms with Crippen LogP contribution in [-0.4, -0.2) is 18.3 Å². The van der Waals surface area contributed by atoms with E-state index in [-0.39, 0.29) is 0 Å². The second-order valence-corrected chi connectivity index (χ2v) is 20.7. The predicted octanol–water partition coefficient (Wildman–Crippen LogP) is 18.9. The van der Waals surface area contributed by atoms with E-state index in [1.807, 2.05) is 30.3 Å². The Hall–Kier alpha value is -10.8. The molecule has 0 amide bonds. The lowest BCUT2D eigenvalue weighted by molar-refractivity contribution is 0.669. The molecule has 0 bridgehead atoms. The van der Waals surface area contributed by atoms with E-state index in [2.05, 4.69) is 214 Å². The third-order valence-electron chi connectivity index (χ3n) is 16.5. The minimum absolute atomic E-state index is 0.313. The molecule has 0 N–H and O–H groups in total. The van der Waals surface area contributed by atoms with Gasteiger partial charge in [-0.3, -0.25) is 0 Å². The second-order valence-electron chi connectivity index (χ2n) is 20.7. The maximum atomic E-state index is 12.7. The quantitative estimate of drug-likeness (QED) is 0.165. The zero-order chi connectivity index (χ0) is 51.7. The maximum Gasteiger partial charge on any atom is 0.237 e. The first-order valence-corrected chi connectivity index (χ1v) is 26.2. The molecule has 0 radical (unpaired) electrons. The van der Waals surface area contributed by atoms with Crippen molar-refractivity contribution < 1.29 is 8.83 Å². The topological polar surface area (TPSA) is 74.2 Å². The molecule has 0 fully saturated rings. The number of benzene rings is 11. The Morgan fingerprint density at radius 3 is 1.13 bits per heavy atom. The Labute approximate surface area is 444 Å². The number of para-hydroxylation sites is 6. The van der Waals surface area contributed by atoms with Crippen LogP contribution in [0.1, 0.15) is 16.7 Å². The molecule has 8 nitrogen and oxygen atoms in total. The van der Waals surface area contributed by atoms with E-state index < -0.39 is 0 Å². The summed E-state index contributed by atoms with van der Waals surface area (Å²) in [6.45, 7) is 14.1. The van der Waals surface area contributed by atoms with Crippen molar-refractivity contribution >= 4 is 137 Å². The van der Waals surface area contributed by atoms with Gasteiger partial charge in [-0.05, 0) is 86.6 Å². The lowest BCUT2D eigenvalue weighted by Gasteiger charge is -2.27. The zero-order valence-corrected chi connectivity index (χ0v) is 42.1. The van der Waals surface area contributed by atoms with Crippen LogP contribution in [0.5, 0.6) is 0 Å². The SMILES string of the molecule is [C-]#[N+]c1c(-n2c3ccc(C)cc3c3cc4c(cc32)oc2ccccc24)c(C#N)c(-n2c3ccccc3c3ccccc32)c(-n2c3ccc(C)cc3c3cc4c(cc32)oc2ccccc24)c1-n1c2ccccc2c2ccccc21. The number of furan rings is 2. The largest absolute Gasteiger partial charge is 0.456 e. The minimum Gasteiger partial charge on any atom is -0.456 e. The van der Waals surface area contributed by atoms with Crippen molar-refractivity contribution in [3.63, 3.8) is 0 Å². The molecule has 6 heterocycles. The lowest BCUT2D eigenvalue weighted by Crippen LogP contribution is -2.14. The molecule has 11 aromatic carbocycles. The summed E-state index contributed by atoms with van der Waals surface area (Å²) in [5.74, 6) is 0. The standard InChI is InChI=1S/C70H40N6O2/c1-39-28-30-58-47(32-39)49-34-51-45-20-8-14-26-62(45)77-64(51)36-60(49)75(58)67-53(38-71)68(73-54-22-10-4-16-41(54)42-17-5-11-23-55(42)73)70(69(66(67)72-3)74-56-24-12-6-18-43(56)44-19-7-13-25-57(44)74)76-59-31-29-40(2)33-48(59)50-35-52-46-21-9-15-27-63(46)78-65(52)37-61(50)76/h4-37H,1-2H3. The number of nitriles is 1. The molecule has 0 aliphatic carbocycles. The fourth-order valence-electron chi connectivity index (χ4n) is 13.3. The molecule has 0 aliphatic heterocycles. The number of nitrogens with zero attached hydrogens (tertiary/aromatic N) is 6. The summed E-state index contributed by atoms with van der Waals surface area (Å²) < 4.78 is 22.5. The molecule has 17 aromatic rings. The summed E-state index contributed by atoms with van der Waals surface area (Å²) in [5, 5.41) is 24.9. The summed E-state index contributed by atoms with van der Waals surface area (Å²) in [7, 11) is 0. The number of hydrogen-bond donors (Lipinski definition) is 0. The third kappa shape index (κ3) is 5.49. The van der Waals surface area contributed by atoms with Gasteiger partial charge in [0.2, 0.25) is 5.69 Å². The molecule has 0 aliphatic rings. The van der Waals surface area contributed by atoms with Crippen molar-refractivity contribution in [2.75, 3.05) is 0 Å². The van der Waals surface area contributed by atoms with Crippen molar-refractivity contribution in [2.24, 2.45) is 0 Å². The van der Waals surface area contributed by atoms with Crippen LogP contribution in [0.15, 0.2) is 215 Å². The van der Waals surface area contributed by atoms with Crippen LogP contribution in [0.4, 0.5) is 5.69 Å². The first kappa shape index (κ1) is 42.5. The Balaban J connectivity index is 1.18. The van der Waals surface area contributed by atoms with Gasteiger partial charge in [0.1, 0.15) is 28.4 Å². The predicted molar refractivity (Wildman–Crippen MR) is 319 cm³/mol. The van der Waals surface area contributed by atoms with Crippen LogP contribution >= 0.6 is 0 Å². The van der Waals surface area contributed by atoms with Crippen molar-refractivity contribution in [2.45, 2.75) is 13.8 Å². The van der Waals surface area contributed by atoms with Crippen LogP contribution in [0.25, 0.3) is 159 Å². The molecule has 0 unspecified atom stereocenters. The number of aromatic nitrogens is 4. The molecule has 6 aromatic heterocycles. The molecular weight excluding hydrogens is 957 g/mol. The fraction of sp³-hybridized carbons (Fsp3) is 0.0286. The molecule has 8 heteroatoms. The van der Waals surface area contributed by atoms with Gasteiger partial charge in [-0.2, -0.15) is 5.26 Å². The third-order valence-corrected chi connectivity index (χ3v) is 16.5. The summed E-state index contributed by atoms with van der Waals surface area (Å²) in [6, 6.07) is 75.0. The highest BCUT2D eigenvalue weighted by Crippen LogP contribution is 2.53. The molecular formula is C70H40N6O2. The summed E-state index contributed by atoms with van der Waals surface area (Å²) in [6.07, 6.45) is 0. The number of hydrogen-bond acceptors (Lipinski definition) is 3. The highest BCUT2D eigenvalue weighted by Gasteiger charge is 2.35. The normalized spacial score (nSPS) is 12.2. The van der Waals surface area contributed by atoms with Gasteiger partial charge in [0, 0.05) is 76.8 Å². The average molecular weight is 997 g/mol. The van der Waals surface area contributed by atoms with Crippen LogP contribution in [0.3, 0.4) is 0 Å². The zero-order valence-electron chi connectivity index (χ0n) is 42.1. The first-order chi connectivity index (χ1) is 38.4. The minimum atomic E-state index is 0.313. The maximum absolute atomic E-state index is 12.7. The highest BCUT2D eigenvalue weighted by atomic mass is 16.3. The van der Waals surface area contributed by atoms with Crippen molar-refractivity contribution in [3.8, 4) is 28.8 Å². The number of rotatable bonds is 4. The van der Waals surface area contributed by atoms with E-state index in [4.69, 9.17) is 13.7 Å². The van der Waals surface area contributed by atoms with Crippen LogP contribution in [0, 0.1) is 31.8 Å². The van der Waals surface area contributed by atoms with Gasteiger partial charge in [-0.15, -0.1) is 0 Å². The molecule has 362 valence electrons. The molecule has 0 spiro atoms.